The van der Waals surface area contributed by atoms with E-state index in [1.54, 1.807) is 0 Å². The third-order valence-electron chi connectivity index (χ3n) is 1.35. The Morgan fingerprint density at radius 3 is 2.44 bits per heavy atom. The summed E-state index contributed by atoms with van der Waals surface area (Å²) in [6.45, 7) is 4.81. The quantitative estimate of drug-likeness (QED) is 0.574. The van der Waals surface area contributed by atoms with Gasteiger partial charge in [0.2, 0.25) is 0 Å². The minimum Gasteiger partial charge on any atom is -0.311 e. The molecule has 56 valence electrons. The van der Waals surface area contributed by atoms with Crippen LogP contribution in [0.1, 0.15) is 26.7 Å². The van der Waals surface area contributed by atoms with Gasteiger partial charge in [-0.3, -0.25) is 0 Å². The molecule has 0 amide bonds. The molecule has 1 heterocycles. The summed E-state index contributed by atoms with van der Waals surface area (Å²) < 4.78 is 11.6. The van der Waals surface area contributed by atoms with Crippen LogP contribution in [0, 0.1) is 0 Å². The van der Waals surface area contributed by atoms with Crippen molar-refractivity contribution in [3.05, 3.63) is 0 Å². The maximum atomic E-state index is 11.6. The molecule has 2 heteroatoms. The minimum absolute atomic E-state index is 0.181. The van der Waals surface area contributed by atoms with Gasteiger partial charge >= 0.3 is 0 Å². The molecule has 1 saturated heterocycles. The van der Waals surface area contributed by atoms with Crippen molar-refractivity contribution in [2.45, 2.75) is 32.7 Å². The Bertz CT molecular complexity index is 50.9. The van der Waals surface area contributed by atoms with E-state index in [0.717, 1.165) is 19.4 Å². The number of rotatable bonds is 1. The predicted octanol–water partition coefficient (Wildman–Crippen LogP) is 1.73. The summed E-state index contributed by atoms with van der Waals surface area (Å²) in [7, 11) is 0. The lowest BCUT2D eigenvalue weighted by atomic mass is 10.2. The van der Waals surface area contributed by atoms with Gasteiger partial charge in [-0.05, 0) is 19.4 Å². The van der Waals surface area contributed by atoms with Crippen molar-refractivity contribution in [1.29, 1.82) is 0 Å². The van der Waals surface area contributed by atoms with Crippen molar-refractivity contribution in [2.24, 2.45) is 0 Å². The molecule has 0 radical (unpaired) electrons. The van der Waals surface area contributed by atoms with Crippen LogP contribution in [-0.2, 0) is 0 Å². The molecule has 0 aromatic rings. The summed E-state index contributed by atoms with van der Waals surface area (Å²) in [5.74, 6) is 0. The molecule has 0 spiro atoms. The van der Waals surface area contributed by atoms with Crippen molar-refractivity contribution >= 4 is 0 Å². The van der Waals surface area contributed by atoms with E-state index in [9.17, 15) is 4.39 Å². The Hall–Kier alpha value is -0.110. The van der Waals surface area contributed by atoms with Crippen molar-refractivity contribution < 1.29 is 4.39 Å². The zero-order valence-corrected chi connectivity index (χ0v) is 6.28. The zero-order valence-electron chi connectivity index (χ0n) is 6.28. The summed E-state index contributed by atoms with van der Waals surface area (Å²) in [5, 5.41) is 3.03. The Morgan fingerprint density at radius 1 is 1.56 bits per heavy atom. The molecule has 1 rings (SSSR count). The van der Waals surface area contributed by atoms with Crippen molar-refractivity contribution in [3.63, 3.8) is 0 Å². The number of nitrogens with one attached hydrogen (secondary N) is 1. The number of alkyl halides is 1. The SMILES string of the molecule is CC.FCC1CCCN1. The van der Waals surface area contributed by atoms with E-state index in [4.69, 9.17) is 0 Å². The van der Waals surface area contributed by atoms with Gasteiger partial charge in [-0.15, -0.1) is 0 Å². The minimum atomic E-state index is -0.194. The summed E-state index contributed by atoms with van der Waals surface area (Å²) in [4.78, 5) is 0. The van der Waals surface area contributed by atoms with Crippen molar-refractivity contribution in [3.8, 4) is 0 Å². The molecule has 1 nitrogen and oxygen atoms in total. The third kappa shape index (κ3) is 3.46. The molecule has 0 saturated carbocycles. The van der Waals surface area contributed by atoms with E-state index >= 15 is 0 Å². The molecule has 9 heavy (non-hydrogen) atoms. The predicted molar refractivity (Wildman–Crippen MR) is 38.3 cm³/mol. The van der Waals surface area contributed by atoms with Gasteiger partial charge in [-0.2, -0.15) is 0 Å². The van der Waals surface area contributed by atoms with Crippen LogP contribution < -0.4 is 5.32 Å². The Labute approximate surface area is 56.6 Å². The lowest BCUT2D eigenvalue weighted by molar-refractivity contribution is 0.406. The van der Waals surface area contributed by atoms with Crippen molar-refractivity contribution in [2.75, 3.05) is 13.2 Å². The highest BCUT2D eigenvalue weighted by molar-refractivity contribution is 4.72. The fourth-order valence-corrected chi connectivity index (χ4v) is 0.888. The Morgan fingerprint density at radius 2 is 2.22 bits per heavy atom. The second-order valence-electron chi connectivity index (χ2n) is 1.95. The number of hydrogen-bond donors (Lipinski definition) is 1. The first-order chi connectivity index (χ1) is 4.43. The first kappa shape index (κ1) is 8.89. The lowest BCUT2D eigenvalue weighted by Gasteiger charge is -1.99. The molecule has 0 aromatic heterocycles. The normalized spacial score (nSPS) is 25.0. The molecule has 0 bridgehead atoms. The van der Waals surface area contributed by atoms with Crippen LogP contribution in [0.25, 0.3) is 0 Å². The van der Waals surface area contributed by atoms with Gasteiger partial charge < -0.3 is 5.32 Å². The molecule has 1 fully saturated rings. The van der Waals surface area contributed by atoms with E-state index in [1.165, 1.54) is 0 Å². The Balaban J connectivity index is 0.000000291. The smallest absolute Gasteiger partial charge is 0.105 e. The largest absolute Gasteiger partial charge is 0.311 e. The van der Waals surface area contributed by atoms with Crippen LogP contribution in [0.4, 0.5) is 4.39 Å². The fraction of sp³-hybridized carbons (Fsp3) is 1.00. The van der Waals surface area contributed by atoms with Gasteiger partial charge in [0, 0.05) is 6.04 Å². The Kier molecular flexibility index (Phi) is 5.94. The maximum Gasteiger partial charge on any atom is 0.105 e. The highest BCUT2D eigenvalue weighted by atomic mass is 19.1. The monoisotopic (exact) mass is 133 g/mol. The summed E-state index contributed by atoms with van der Waals surface area (Å²) in [6, 6.07) is 0.181. The first-order valence-corrected chi connectivity index (χ1v) is 3.73. The number of halogens is 1. The lowest BCUT2D eigenvalue weighted by Crippen LogP contribution is -2.22. The van der Waals surface area contributed by atoms with Gasteiger partial charge in [0.1, 0.15) is 6.67 Å². The van der Waals surface area contributed by atoms with E-state index < -0.39 is 0 Å². The third-order valence-corrected chi connectivity index (χ3v) is 1.35. The van der Waals surface area contributed by atoms with Crippen LogP contribution in [0.5, 0.6) is 0 Å². The fourth-order valence-electron chi connectivity index (χ4n) is 0.888. The zero-order chi connectivity index (χ0) is 7.11. The maximum absolute atomic E-state index is 11.6. The van der Waals surface area contributed by atoms with Crippen LogP contribution in [0.2, 0.25) is 0 Å². The molecule has 1 aliphatic heterocycles. The van der Waals surface area contributed by atoms with Crippen LogP contribution >= 0.6 is 0 Å². The average Bonchev–Trinajstić information content (AvgIpc) is 2.43. The first-order valence-electron chi connectivity index (χ1n) is 3.73. The van der Waals surface area contributed by atoms with E-state index in [-0.39, 0.29) is 12.7 Å². The number of hydrogen-bond acceptors (Lipinski definition) is 1. The van der Waals surface area contributed by atoms with Gasteiger partial charge in [0.25, 0.3) is 0 Å². The van der Waals surface area contributed by atoms with Crippen molar-refractivity contribution in [1.82, 2.24) is 5.32 Å². The molecule has 0 aliphatic carbocycles. The summed E-state index contributed by atoms with van der Waals surface area (Å²) in [5.41, 5.74) is 0. The second kappa shape index (κ2) is 6.02. The molecule has 0 aromatic carbocycles. The molecule has 1 aliphatic rings. The van der Waals surface area contributed by atoms with Crippen LogP contribution in [0.15, 0.2) is 0 Å². The van der Waals surface area contributed by atoms with Crippen LogP contribution in [-0.4, -0.2) is 19.3 Å². The topological polar surface area (TPSA) is 12.0 Å². The highest BCUT2D eigenvalue weighted by Crippen LogP contribution is 2.03. The molecule has 1 N–H and O–H groups in total. The summed E-state index contributed by atoms with van der Waals surface area (Å²) >= 11 is 0. The second-order valence-corrected chi connectivity index (χ2v) is 1.95. The average molecular weight is 133 g/mol. The van der Waals surface area contributed by atoms with Gasteiger partial charge in [-0.1, -0.05) is 13.8 Å². The van der Waals surface area contributed by atoms with Gasteiger partial charge in [-0.25, -0.2) is 4.39 Å². The van der Waals surface area contributed by atoms with Crippen LogP contribution in [0.3, 0.4) is 0 Å². The van der Waals surface area contributed by atoms with E-state index in [0.29, 0.717) is 0 Å². The summed E-state index contributed by atoms with van der Waals surface area (Å²) in [6.07, 6.45) is 2.17. The van der Waals surface area contributed by atoms with E-state index in [1.807, 2.05) is 13.8 Å². The van der Waals surface area contributed by atoms with Gasteiger partial charge in [0.05, 0.1) is 0 Å². The van der Waals surface area contributed by atoms with E-state index in [2.05, 4.69) is 5.32 Å². The molecular formula is C7H16FN. The molecular weight excluding hydrogens is 117 g/mol. The highest BCUT2D eigenvalue weighted by Gasteiger charge is 2.11. The molecule has 1 atom stereocenters. The molecule has 1 unspecified atom stereocenters. The van der Waals surface area contributed by atoms with Gasteiger partial charge in [0.15, 0.2) is 0 Å². The standard InChI is InChI=1S/C5H10FN.C2H6/c6-4-5-2-1-3-7-5;1-2/h5,7H,1-4H2;1-2H3.